The second-order valence-corrected chi connectivity index (χ2v) is 4.93. The molecule has 0 saturated carbocycles. The zero-order valence-electron chi connectivity index (χ0n) is 9.75. The summed E-state index contributed by atoms with van der Waals surface area (Å²) in [7, 11) is 0. The Morgan fingerprint density at radius 3 is 2.94 bits per heavy atom. The van der Waals surface area contributed by atoms with Gasteiger partial charge >= 0.3 is 0 Å². The Balaban J connectivity index is 2.64. The Morgan fingerprint density at radius 1 is 1.61 bits per heavy atom. The first-order chi connectivity index (χ1) is 8.50. The van der Waals surface area contributed by atoms with Crippen LogP contribution < -0.4 is 10.6 Å². The number of rotatable bonds is 2. The lowest BCUT2D eigenvalue weighted by molar-refractivity contribution is -0.384. The molecule has 1 aromatic carbocycles. The lowest BCUT2D eigenvalue weighted by atomic mass is 10.00. The van der Waals surface area contributed by atoms with Crippen LogP contribution in [-0.2, 0) is 11.2 Å². The Hall–Kier alpha value is -1.63. The normalized spacial score (nSPS) is 13.4. The Morgan fingerprint density at radius 2 is 2.33 bits per heavy atom. The smallest absolute Gasteiger partial charge is 0.294 e. The average molecular weight is 314 g/mol. The van der Waals surface area contributed by atoms with E-state index < -0.39 is 4.92 Å². The molecule has 96 valence electrons. The molecule has 1 amide bonds. The van der Waals surface area contributed by atoms with Gasteiger partial charge in [-0.2, -0.15) is 0 Å². The maximum atomic E-state index is 11.2. The summed E-state index contributed by atoms with van der Waals surface area (Å²) in [4.78, 5) is 21.8. The van der Waals surface area contributed by atoms with Crippen LogP contribution in [0.5, 0.6) is 0 Å². The predicted molar refractivity (Wildman–Crippen MR) is 71.9 cm³/mol. The molecule has 0 aromatic heterocycles. The molecule has 0 unspecified atom stereocenters. The van der Waals surface area contributed by atoms with Gasteiger partial charge in [0.25, 0.3) is 5.69 Å². The summed E-state index contributed by atoms with van der Waals surface area (Å²) in [5, 5.41) is 16.8. The lowest BCUT2D eigenvalue weighted by Gasteiger charge is -2.22. The summed E-state index contributed by atoms with van der Waals surface area (Å²) >= 11 is 3.32. The van der Waals surface area contributed by atoms with Crippen LogP contribution in [0, 0.1) is 10.1 Å². The minimum Gasteiger partial charge on any atom is -0.384 e. The second-order valence-electron chi connectivity index (χ2n) is 4.07. The van der Waals surface area contributed by atoms with Crippen LogP contribution in [0.25, 0.3) is 0 Å². The number of amides is 1. The zero-order chi connectivity index (χ0) is 13.3. The lowest BCUT2D eigenvalue weighted by Crippen LogP contribution is -2.17. The number of nitrogens with one attached hydrogen (secondary N) is 2. The molecule has 0 radical (unpaired) electrons. The molecular formula is C11H12BrN3O3. The molecule has 6 nitrogen and oxygen atoms in total. The van der Waals surface area contributed by atoms with Crippen molar-refractivity contribution in [3.05, 3.63) is 26.2 Å². The van der Waals surface area contributed by atoms with Gasteiger partial charge in [-0.25, -0.2) is 0 Å². The molecule has 1 aliphatic rings. The largest absolute Gasteiger partial charge is 0.384 e. The van der Waals surface area contributed by atoms with E-state index in [1.807, 2.05) is 0 Å². The number of nitrogens with zero attached hydrogens (tertiary/aromatic N) is 1. The number of carbonyl (C=O) groups is 1. The summed E-state index contributed by atoms with van der Waals surface area (Å²) in [6, 6.07) is 1.42. The van der Waals surface area contributed by atoms with Gasteiger partial charge in [0, 0.05) is 29.6 Å². The van der Waals surface area contributed by atoms with E-state index in [1.165, 1.54) is 13.0 Å². The highest BCUT2D eigenvalue weighted by atomic mass is 79.9. The van der Waals surface area contributed by atoms with Gasteiger partial charge in [-0.15, -0.1) is 0 Å². The van der Waals surface area contributed by atoms with E-state index in [0.29, 0.717) is 16.6 Å². The fraction of sp³-hybridized carbons (Fsp3) is 0.364. The van der Waals surface area contributed by atoms with E-state index in [2.05, 4.69) is 26.6 Å². The molecule has 0 fully saturated rings. The van der Waals surface area contributed by atoms with Gasteiger partial charge in [0.15, 0.2) is 0 Å². The van der Waals surface area contributed by atoms with Crippen LogP contribution in [0.2, 0.25) is 0 Å². The van der Waals surface area contributed by atoms with Crippen molar-refractivity contribution in [3.63, 3.8) is 0 Å². The van der Waals surface area contributed by atoms with Crippen molar-refractivity contribution in [2.24, 2.45) is 0 Å². The minimum atomic E-state index is -0.481. The minimum absolute atomic E-state index is 0.0838. The van der Waals surface area contributed by atoms with E-state index in [-0.39, 0.29) is 11.6 Å². The molecule has 18 heavy (non-hydrogen) atoms. The van der Waals surface area contributed by atoms with E-state index in [1.54, 1.807) is 0 Å². The van der Waals surface area contributed by atoms with E-state index >= 15 is 0 Å². The molecule has 2 N–H and O–H groups in total. The summed E-state index contributed by atoms with van der Waals surface area (Å²) < 4.78 is 0.651. The number of benzene rings is 1. The maximum absolute atomic E-state index is 11.2. The van der Waals surface area contributed by atoms with Crippen LogP contribution in [0.3, 0.4) is 0 Å². The van der Waals surface area contributed by atoms with Gasteiger partial charge < -0.3 is 10.6 Å². The monoisotopic (exact) mass is 313 g/mol. The Labute approximate surface area is 112 Å². The first kappa shape index (κ1) is 12.8. The zero-order valence-corrected chi connectivity index (χ0v) is 11.3. The number of nitro groups is 1. The van der Waals surface area contributed by atoms with E-state index in [9.17, 15) is 14.9 Å². The Bertz CT molecular complexity index is 531. The molecule has 1 aromatic rings. The van der Waals surface area contributed by atoms with Crippen molar-refractivity contribution in [1.29, 1.82) is 0 Å². The maximum Gasteiger partial charge on any atom is 0.294 e. The molecule has 0 atom stereocenters. The number of fused-ring (bicyclic) bond motifs is 1. The van der Waals surface area contributed by atoms with Gasteiger partial charge in [0.05, 0.1) is 10.6 Å². The van der Waals surface area contributed by atoms with E-state index in [4.69, 9.17) is 0 Å². The van der Waals surface area contributed by atoms with Crippen molar-refractivity contribution in [1.82, 2.24) is 0 Å². The van der Waals surface area contributed by atoms with Crippen LogP contribution in [0.1, 0.15) is 18.9 Å². The summed E-state index contributed by atoms with van der Waals surface area (Å²) in [6.07, 6.45) is 1.59. The second kappa shape index (κ2) is 4.93. The van der Waals surface area contributed by atoms with Crippen molar-refractivity contribution in [3.8, 4) is 0 Å². The third-order valence-corrected chi connectivity index (χ3v) is 3.39. The van der Waals surface area contributed by atoms with Crippen LogP contribution in [0.15, 0.2) is 10.5 Å². The quantitative estimate of drug-likeness (QED) is 0.649. The highest BCUT2D eigenvalue weighted by Gasteiger charge is 2.25. The molecule has 7 heteroatoms. The number of halogens is 1. The van der Waals surface area contributed by atoms with Crippen molar-refractivity contribution < 1.29 is 9.72 Å². The summed E-state index contributed by atoms with van der Waals surface area (Å²) in [5.41, 5.74) is 1.84. The highest BCUT2D eigenvalue weighted by molar-refractivity contribution is 9.10. The molecule has 0 saturated heterocycles. The molecule has 1 aliphatic heterocycles. The third kappa shape index (κ3) is 2.31. The first-order valence-electron chi connectivity index (χ1n) is 5.52. The number of hydrogen-bond acceptors (Lipinski definition) is 4. The standard InChI is InChI=1S/C11H12BrN3O3/c1-6(16)14-11-7-3-2-4-13-10(7)8(12)5-9(11)15(17)18/h5,13H,2-4H2,1H3,(H,14,16). The van der Waals surface area contributed by atoms with Gasteiger partial charge in [0.2, 0.25) is 5.91 Å². The van der Waals surface area contributed by atoms with Crippen molar-refractivity contribution >= 4 is 38.9 Å². The van der Waals surface area contributed by atoms with E-state index in [0.717, 1.165) is 24.2 Å². The molecule has 0 spiro atoms. The van der Waals surface area contributed by atoms with Gasteiger partial charge in [-0.1, -0.05) is 0 Å². The summed E-state index contributed by atoms with van der Waals surface area (Å²) in [6.45, 7) is 2.16. The van der Waals surface area contributed by atoms with Gasteiger partial charge in [-0.05, 0) is 28.8 Å². The SMILES string of the molecule is CC(=O)Nc1c([N+](=O)[O-])cc(Br)c2c1CCCN2. The first-order valence-corrected chi connectivity index (χ1v) is 6.31. The topological polar surface area (TPSA) is 84.3 Å². The van der Waals surface area contributed by atoms with Crippen LogP contribution >= 0.6 is 15.9 Å². The van der Waals surface area contributed by atoms with Crippen molar-refractivity contribution in [2.45, 2.75) is 19.8 Å². The highest BCUT2D eigenvalue weighted by Crippen LogP contribution is 2.41. The molecular weight excluding hydrogens is 302 g/mol. The molecule has 1 heterocycles. The number of nitro benzene ring substituents is 1. The predicted octanol–water partition coefficient (Wildman–Crippen LogP) is 2.67. The Kier molecular flexibility index (Phi) is 3.51. The average Bonchev–Trinajstić information content (AvgIpc) is 2.32. The fourth-order valence-electron chi connectivity index (χ4n) is 2.07. The molecule has 2 rings (SSSR count). The summed E-state index contributed by atoms with van der Waals surface area (Å²) in [5.74, 6) is -0.312. The van der Waals surface area contributed by atoms with Crippen molar-refractivity contribution in [2.75, 3.05) is 17.2 Å². The number of hydrogen-bond donors (Lipinski definition) is 2. The fourth-order valence-corrected chi connectivity index (χ4v) is 2.66. The van der Waals surface area contributed by atoms with Crippen LogP contribution in [0.4, 0.5) is 17.1 Å². The van der Waals surface area contributed by atoms with Gasteiger partial charge in [-0.3, -0.25) is 14.9 Å². The number of anilines is 2. The molecule has 0 aliphatic carbocycles. The number of carbonyl (C=O) groups excluding carboxylic acids is 1. The third-order valence-electron chi connectivity index (χ3n) is 2.77. The van der Waals surface area contributed by atoms with Gasteiger partial charge in [0.1, 0.15) is 5.69 Å². The molecule has 0 bridgehead atoms. The van der Waals surface area contributed by atoms with Crippen LogP contribution in [-0.4, -0.2) is 17.4 Å².